The van der Waals surface area contributed by atoms with Gasteiger partial charge in [0, 0.05) is 12.1 Å². The van der Waals surface area contributed by atoms with Crippen molar-refractivity contribution in [1.29, 1.82) is 0 Å². The van der Waals surface area contributed by atoms with Crippen LogP contribution in [0.4, 0.5) is 11.4 Å². The topological polar surface area (TPSA) is 76.7 Å². The summed E-state index contributed by atoms with van der Waals surface area (Å²) in [6.07, 6.45) is 1.94. The van der Waals surface area contributed by atoms with Crippen molar-refractivity contribution in [3.63, 3.8) is 0 Å². The SMILES string of the molecule is Nc1cc2c(cc1NC1(CO)CC1)OCCO2. The van der Waals surface area contributed by atoms with Crippen LogP contribution in [-0.2, 0) is 0 Å². The third kappa shape index (κ3) is 1.86. The Kier molecular flexibility index (Phi) is 2.29. The van der Waals surface area contributed by atoms with Crippen LogP contribution in [0, 0.1) is 0 Å². The maximum Gasteiger partial charge on any atom is 0.163 e. The highest BCUT2D eigenvalue weighted by atomic mass is 16.6. The summed E-state index contributed by atoms with van der Waals surface area (Å²) < 4.78 is 11.0. The molecule has 0 amide bonds. The second-order valence-corrected chi connectivity index (χ2v) is 4.65. The molecule has 4 N–H and O–H groups in total. The summed E-state index contributed by atoms with van der Waals surface area (Å²) in [5, 5.41) is 12.6. The molecule has 1 heterocycles. The minimum Gasteiger partial charge on any atom is -0.486 e. The number of ether oxygens (including phenoxy) is 2. The monoisotopic (exact) mass is 236 g/mol. The number of nitrogens with two attached hydrogens (primary N) is 1. The van der Waals surface area contributed by atoms with Gasteiger partial charge in [0.2, 0.25) is 0 Å². The van der Waals surface area contributed by atoms with E-state index < -0.39 is 0 Å². The van der Waals surface area contributed by atoms with Gasteiger partial charge in [-0.25, -0.2) is 0 Å². The second kappa shape index (κ2) is 3.70. The summed E-state index contributed by atoms with van der Waals surface area (Å²) in [6.45, 7) is 1.24. The normalized spacial score (nSPS) is 19.8. The highest BCUT2D eigenvalue weighted by molar-refractivity contribution is 5.73. The summed E-state index contributed by atoms with van der Waals surface area (Å²) in [6, 6.07) is 3.61. The molecule has 0 saturated heterocycles. The first-order chi connectivity index (χ1) is 8.22. The number of rotatable bonds is 3. The lowest BCUT2D eigenvalue weighted by atomic mass is 10.2. The Morgan fingerprint density at radius 2 is 1.88 bits per heavy atom. The van der Waals surface area contributed by atoms with E-state index in [0.717, 1.165) is 18.5 Å². The zero-order valence-electron chi connectivity index (χ0n) is 9.53. The van der Waals surface area contributed by atoms with Gasteiger partial charge in [-0.1, -0.05) is 0 Å². The first kappa shape index (κ1) is 10.5. The molecule has 2 aliphatic rings. The first-order valence-corrected chi connectivity index (χ1v) is 5.81. The number of aliphatic hydroxyl groups excluding tert-OH is 1. The van der Waals surface area contributed by atoms with E-state index in [1.54, 1.807) is 6.07 Å². The van der Waals surface area contributed by atoms with Crippen molar-refractivity contribution >= 4 is 11.4 Å². The number of nitrogen functional groups attached to an aromatic ring is 1. The van der Waals surface area contributed by atoms with E-state index in [4.69, 9.17) is 15.2 Å². The van der Waals surface area contributed by atoms with Crippen LogP contribution < -0.4 is 20.5 Å². The van der Waals surface area contributed by atoms with Gasteiger partial charge in [0.05, 0.1) is 23.5 Å². The fraction of sp³-hybridized carbons (Fsp3) is 0.500. The van der Waals surface area contributed by atoms with Gasteiger partial charge in [-0.15, -0.1) is 0 Å². The Morgan fingerprint density at radius 3 is 2.47 bits per heavy atom. The van der Waals surface area contributed by atoms with E-state index >= 15 is 0 Å². The molecule has 0 bridgehead atoms. The lowest BCUT2D eigenvalue weighted by molar-refractivity contribution is 0.172. The number of fused-ring (bicyclic) bond motifs is 1. The van der Waals surface area contributed by atoms with Crippen LogP contribution in [0.5, 0.6) is 11.5 Å². The molecule has 17 heavy (non-hydrogen) atoms. The Hall–Kier alpha value is -1.62. The summed E-state index contributed by atoms with van der Waals surface area (Å²) in [5.74, 6) is 1.40. The van der Waals surface area contributed by atoms with Crippen molar-refractivity contribution in [3.05, 3.63) is 12.1 Å². The molecular formula is C12H16N2O3. The Balaban J connectivity index is 1.89. The molecule has 0 radical (unpaired) electrons. The Morgan fingerprint density at radius 1 is 1.24 bits per heavy atom. The molecule has 92 valence electrons. The van der Waals surface area contributed by atoms with Gasteiger partial charge in [0.15, 0.2) is 11.5 Å². The van der Waals surface area contributed by atoms with E-state index in [1.807, 2.05) is 6.07 Å². The molecule has 1 aromatic carbocycles. The van der Waals surface area contributed by atoms with Crippen molar-refractivity contribution in [2.45, 2.75) is 18.4 Å². The number of aliphatic hydroxyl groups is 1. The maximum atomic E-state index is 9.29. The Bertz CT molecular complexity index is 444. The predicted octanol–water partition coefficient (Wildman–Crippen LogP) is 0.977. The van der Waals surface area contributed by atoms with Gasteiger partial charge in [0.1, 0.15) is 13.2 Å². The molecule has 1 aliphatic heterocycles. The fourth-order valence-electron chi connectivity index (χ4n) is 1.97. The summed E-state index contributed by atoms with van der Waals surface area (Å²) in [7, 11) is 0. The van der Waals surface area contributed by atoms with Crippen molar-refractivity contribution in [2.75, 3.05) is 30.9 Å². The number of nitrogens with one attached hydrogen (secondary N) is 1. The maximum absolute atomic E-state index is 9.29. The average molecular weight is 236 g/mol. The lowest BCUT2D eigenvalue weighted by Gasteiger charge is -2.22. The minimum atomic E-state index is -0.183. The largest absolute Gasteiger partial charge is 0.486 e. The average Bonchev–Trinajstić information content (AvgIpc) is 3.11. The lowest BCUT2D eigenvalue weighted by Crippen LogP contribution is -2.26. The molecule has 0 aromatic heterocycles. The molecule has 5 nitrogen and oxygen atoms in total. The highest BCUT2D eigenvalue weighted by Crippen LogP contribution is 2.43. The quantitative estimate of drug-likeness (QED) is 0.682. The van der Waals surface area contributed by atoms with E-state index in [9.17, 15) is 5.11 Å². The first-order valence-electron chi connectivity index (χ1n) is 5.81. The van der Waals surface area contributed by atoms with Gasteiger partial charge in [-0.05, 0) is 12.8 Å². The Labute approximate surface area is 99.5 Å². The zero-order chi connectivity index (χ0) is 11.9. The highest BCUT2D eigenvalue weighted by Gasteiger charge is 2.42. The molecule has 1 saturated carbocycles. The standard InChI is InChI=1S/C12H16N2O3/c13-8-5-10-11(17-4-3-16-10)6-9(8)14-12(7-15)1-2-12/h5-6,14-15H,1-4,7,13H2. The van der Waals surface area contributed by atoms with Crippen LogP contribution in [-0.4, -0.2) is 30.5 Å². The number of benzene rings is 1. The molecule has 1 aromatic rings. The van der Waals surface area contributed by atoms with Gasteiger partial charge < -0.3 is 25.6 Å². The van der Waals surface area contributed by atoms with E-state index in [1.165, 1.54) is 0 Å². The minimum absolute atomic E-state index is 0.126. The van der Waals surface area contributed by atoms with Crippen molar-refractivity contribution < 1.29 is 14.6 Å². The van der Waals surface area contributed by atoms with Gasteiger partial charge >= 0.3 is 0 Å². The zero-order valence-corrected chi connectivity index (χ0v) is 9.53. The third-order valence-electron chi connectivity index (χ3n) is 3.27. The van der Waals surface area contributed by atoms with Crippen molar-refractivity contribution in [2.24, 2.45) is 0 Å². The van der Waals surface area contributed by atoms with Crippen molar-refractivity contribution in [1.82, 2.24) is 0 Å². The molecule has 0 unspecified atom stereocenters. The molecule has 5 heteroatoms. The molecule has 0 atom stereocenters. The molecule has 3 rings (SSSR count). The number of hydrogen-bond acceptors (Lipinski definition) is 5. The van der Waals surface area contributed by atoms with Crippen molar-refractivity contribution in [3.8, 4) is 11.5 Å². The van der Waals surface area contributed by atoms with E-state index in [0.29, 0.717) is 30.4 Å². The van der Waals surface area contributed by atoms with Crippen LogP contribution >= 0.6 is 0 Å². The molecule has 1 aliphatic carbocycles. The van der Waals surface area contributed by atoms with Crippen LogP contribution in [0.25, 0.3) is 0 Å². The van der Waals surface area contributed by atoms with Crippen LogP contribution in [0.2, 0.25) is 0 Å². The van der Waals surface area contributed by atoms with E-state index in [-0.39, 0.29) is 12.1 Å². The van der Waals surface area contributed by atoms with Gasteiger partial charge in [0.25, 0.3) is 0 Å². The van der Waals surface area contributed by atoms with E-state index in [2.05, 4.69) is 5.32 Å². The number of anilines is 2. The smallest absolute Gasteiger partial charge is 0.163 e. The summed E-state index contributed by atoms with van der Waals surface area (Å²) >= 11 is 0. The second-order valence-electron chi connectivity index (χ2n) is 4.65. The summed E-state index contributed by atoms with van der Waals surface area (Å²) in [4.78, 5) is 0. The van der Waals surface area contributed by atoms with Crippen LogP contribution in [0.1, 0.15) is 12.8 Å². The third-order valence-corrected chi connectivity index (χ3v) is 3.27. The summed E-state index contributed by atoms with van der Waals surface area (Å²) in [5.41, 5.74) is 7.20. The van der Waals surface area contributed by atoms with Crippen LogP contribution in [0.3, 0.4) is 0 Å². The molecule has 1 fully saturated rings. The van der Waals surface area contributed by atoms with Gasteiger partial charge in [-0.3, -0.25) is 0 Å². The van der Waals surface area contributed by atoms with Gasteiger partial charge in [-0.2, -0.15) is 0 Å². The van der Waals surface area contributed by atoms with Crippen LogP contribution in [0.15, 0.2) is 12.1 Å². The fourth-order valence-corrected chi connectivity index (χ4v) is 1.97. The molecule has 0 spiro atoms. The molecular weight excluding hydrogens is 220 g/mol. The number of hydrogen-bond donors (Lipinski definition) is 3. The predicted molar refractivity (Wildman–Crippen MR) is 64.5 cm³/mol.